The molecular weight excluding hydrogens is 314 g/mol. The van der Waals surface area contributed by atoms with Crippen molar-refractivity contribution in [2.75, 3.05) is 7.11 Å². The molecule has 2 heterocycles. The summed E-state index contributed by atoms with van der Waals surface area (Å²) in [7, 11) is 1.67. The first-order valence-electron chi connectivity index (χ1n) is 7.67. The first-order chi connectivity index (χ1) is 11.2. The summed E-state index contributed by atoms with van der Waals surface area (Å²) in [6.45, 7) is 1.80. The van der Waals surface area contributed by atoms with Gasteiger partial charge in [-0.1, -0.05) is 6.42 Å². The van der Waals surface area contributed by atoms with Crippen LogP contribution in [0, 0.1) is 6.92 Å². The molecule has 7 heteroatoms. The smallest absolute Gasteiger partial charge is 0.350 e. The van der Waals surface area contributed by atoms with Crippen LogP contribution in [0.15, 0.2) is 18.5 Å². The number of aromatic nitrogens is 3. The van der Waals surface area contributed by atoms with Crippen LogP contribution in [0.1, 0.15) is 41.0 Å². The molecular formula is C16H19N3O3S. The van der Waals surface area contributed by atoms with Crippen molar-refractivity contribution in [3.05, 3.63) is 29.0 Å². The lowest BCUT2D eigenvalue weighted by Crippen LogP contribution is -2.35. The molecule has 2 aromatic rings. The van der Waals surface area contributed by atoms with Gasteiger partial charge in [-0.2, -0.15) is 0 Å². The summed E-state index contributed by atoms with van der Waals surface area (Å²) in [5, 5.41) is 0.627. The Balaban J connectivity index is 1.76. The average molecular weight is 333 g/mol. The van der Waals surface area contributed by atoms with E-state index in [-0.39, 0.29) is 18.2 Å². The van der Waals surface area contributed by atoms with Crippen LogP contribution < -0.4 is 0 Å². The number of ether oxygens (including phenoxy) is 2. The Hall–Kier alpha value is -1.86. The molecule has 2 aromatic heterocycles. The van der Waals surface area contributed by atoms with Crippen LogP contribution in [0.4, 0.5) is 0 Å². The number of carbonyl (C=O) groups is 1. The Kier molecular flexibility index (Phi) is 4.97. The lowest BCUT2D eigenvalue weighted by molar-refractivity contribution is -0.0537. The maximum atomic E-state index is 12.5. The van der Waals surface area contributed by atoms with Crippen molar-refractivity contribution in [3.8, 4) is 10.8 Å². The number of rotatable bonds is 4. The molecule has 0 amide bonds. The zero-order valence-electron chi connectivity index (χ0n) is 13.2. The van der Waals surface area contributed by atoms with Crippen LogP contribution in [0.25, 0.3) is 10.8 Å². The first kappa shape index (κ1) is 16.0. The number of carbonyl (C=O) groups excluding carboxylic acids is 1. The Labute approximate surface area is 138 Å². The van der Waals surface area contributed by atoms with Gasteiger partial charge in [0.25, 0.3) is 0 Å². The average Bonchev–Trinajstić information content (AvgIpc) is 2.98. The first-order valence-corrected chi connectivity index (χ1v) is 8.49. The van der Waals surface area contributed by atoms with Gasteiger partial charge in [0.2, 0.25) is 0 Å². The monoisotopic (exact) mass is 333 g/mol. The van der Waals surface area contributed by atoms with Gasteiger partial charge >= 0.3 is 5.97 Å². The quantitative estimate of drug-likeness (QED) is 0.801. The fourth-order valence-electron chi connectivity index (χ4n) is 2.75. The van der Waals surface area contributed by atoms with Crippen molar-refractivity contribution in [2.24, 2.45) is 0 Å². The van der Waals surface area contributed by atoms with Crippen LogP contribution in [-0.2, 0) is 9.47 Å². The molecule has 0 N–H and O–H groups in total. The molecule has 3 rings (SSSR count). The topological polar surface area (TPSA) is 74.2 Å². The Morgan fingerprint density at radius 1 is 1.22 bits per heavy atom. The zero-order chi connectivity index (χ0) is 16.2. The van der Waals surface area contributed by atoms with E-state index >= 15 is 0 Å². The number of methoxy groups -OCH3 is 1. The van der Waals surface area contributed by atoms with Gasteiger partial charge in [-0.15, -0.1) is 11.3 Å². The van der Waals surface area contributed by atoms with Crippen LogP contribution in [0.5, 0.6) is 0 Å². The Morgan fingerprint density at radius 3 is 2.61 bits per heavy atom. The SMILES string of the molecule is CO[C@@H]1CCCC[C@H]1OC(=O)c1sc(-c2ncccn2)nc1C. The van der Waals surface area contributed by atoms with E-state index in [1.807, 2.05) is 0 Å². The van der Waals surface area contributed by atoms with Crippen molar-refractivity contribution in [2.45, 2.75) is 44.8 Å². The van der Waals surface area contributed by atoms with Crippen molar-refractivity contribution in [3.63, 3.8) is 0 Å². The summed E-state index contributed by atoms with van der Waals surface area (Å²) in [5.41, 5.74) is 0.646. The second-order valence-corrected chi connectivity index (χ2v) is 6.51. The van der Waals surface area contributed by atoms with Crippen molar-refractivity contribution >= 4 is 17.3 Å². The molecule has 1 aliphatic rings. The minimum Gasteiger partial charge on any atom is -0.455 e. The van der Waals surface area contributed by atoms with Gasteiger partial charge in [-0.05, 0) is 32.3 Å². The molecule has 6 nitrogen and oxygen atoms in total. The lowest BCUT2D eigenvalue weighted by Gasteiger charge is -2.29. The molecule has 1 aliphatic carbocycles. The highest BCUT2D eigenvalue weighted by atomic mass is 32.1. The summed E-state index contributed by atoms with van der Waals surface area (Å²) in [6.07, 6.45) is 7.06. The second-order valence-electron chi connectivity index (χ2n) is 5.51. The summed E-state index contributed by atoms with van der Waals surface area (Å²) in [4.78, 5) is 25.7. The molecule has 0 unspecified atom stereocenters. The third-order valence-corrected chi connectivity index (χ3v) is 5.08. The van der Waals surface area contributed by atoms with Gasteiger partial charge in [0.15, 0.2) is 10.8 Å². The molecule has 1 saturated carbocycles. The molecule has 122 valence electrons. The fourth-order valence-corrected chi connectivity index (χ4v) is 3.65. The van der Waals surface area contributed by atoms with E-state index in [2.05, 4.69) is 15.0 Å². The summed E-state index contributed by atoms with van der Waals surface area (Å²) >= 11 is 1.27. The zero-order valence-corrected chi connectivity index (χ0v) is 14.0. The fraction of sp³-hybridized carbons (Fsp3) is 0.500. The predicted molar refractivity (Wildman–Crippen MR) is 86.3 cm³/mol. The van der Waals surface area contributed by atoms with Gasteiger partial charge in [0, 0.05) is 19.5 Å². The number of hydrogen-bond donors (Lipinski definition) is 0. The molecule has 0 aromatic carbocycles. The third-order valence-electron chi connectivity index (χ3n) is 3.94. The minimum atomic E-state index is -0.337. The summed E-state index contributed by atoms with van der Waals surface area (Å²) in [5.74, 6) is 0.184. The van der Waals surface area contributed by atoms with Gasteiger partial charge < -0.3 is 9.47 Å². The highest BCUT2D eigenvalue weighted by Crippen LogP contribution is 2.28. The van der Waals surface area contributed by atoms with Crippen molar-refractivity contribution in [1.29, 1.82) is 0 Å². The van der Waals surface area contributed by atoms with E-state index in [9.17, 15) is 4.79 Å². The second kappa shape index (κ2) is 7.14. The Morgan fingerprint density at radius 2 is 1.91 bits per heavy atom. The molecule has 0 bridgehead atoms. The van der Waals surface area contributed by atoms with E-state index in [0.29, 0.717) is 21.4 Å². The normalized spacial score (nSPS) is 21.1. The van der Waals surface area contributed by atoms with E-state index in [1.54, 1.807) is 32.5 Å². The molecule has 1 fully saturated rings. The van der Waals surface area contributed by atoms with E-state index < -0.39 is 0 Å². The minimum absolute atomic E-state index is 0.0159. The van der Waals surface area contributed by atoms with Gasteiger partial charge in [0.1, 0.15) is 11.0 Å². The summed E-state index contributed by atoms with van der Waals surface area (Å²) < 4.78 is 11.1. The van der Waals surface area contributed by atoms with E-state index in [4.69, 9.17) is 9.47 Å². The number of hydrogen-bond acceptors (Lipinski definition) is 7. The molecule has 0 aliphatic heterocycles. The lowest BCUT2D eigenvalue weighted by atomic mass is 9.94. The van der Waals surface area contributed by atoms with Gasteiger partial charge in [-0.25, -0.2) is 19.7 Å². The van der Waals surface area contributed by atoms with Crippen molar-refractivity contribution in [1.82, 2.24) is 15.0 Å². The molecule has 0 radical (unpaired) electrons. The standard InChI is InChI=1S/C16H19N3O3S/c1-10-13(23-15(19-10)14-17-8-5-9-18-14)16(20)22-12-7-4-3-6-11(12)21-2/h5,8-9,11-12H,3-4,6-7H2,1-2H3/t11-,12-/m1/s1. The number of aryl methyl sites for hydroxylation is 1. The third kappa shape index (κ3) is 3.56. The number of thiazole rings is 1. The largest absolute Gasteiger partial charge is 0.455 e. The van der Waals surface area contributed by atoms with Gasteiger partial charge in [-0.3, -0.25) is 0 Å². The van der Waals surface area contributed by atoms with Gasteiger partial charge in [0.05, 0.1) is 11.8 Å². The number of nitrogens with zero attached hydrogens (tertiary/aromatic N) is 3. The number of esters is 1. The Bertz CT molecular complexity index is 674. The van der Waals surface area contributed by atoms with Crippen LogP contribution in [0.2, 0.25) is 0 Å². The molecule has 0 saturated heterocycles. The van der Waals surface area contributed by atoms with Crippen LogP contribution in [0.3, 0.4) is 0 Å². The molecule has 2 atom stereocenters. The molecule has 23 heavy (non-hydrogen) atoms. The maximum Gasteiger partial charge on any atom is 0.350 e. The highest BCUT2D eigenvalue weighted by Gasteiger charge is 2.30. The van der Waals surface area contributed by atoms with E-state index in [1.165, 1.54) is 11.3 Å². The predicted octanol–water partition coefficient (Wildman–Crippen LogP) is 3.02. The maximum absolute atomic E-state index is 12.5. The summed E-state index contributed by atoms with van der Waals surface area (Å²) in [6, 6.07) is 1.74. The van der Waals surface area contributed by atoms with Crippen LogP contribution >= 0.6 is 11.3 Å². The van der Waals surface area contributed by atoms with Crippen LogP contribution in [-0.4, -0.2) is 40.2 Å². The van der Waals surface area contributed by atoms with E-state index in [0.717, 1.165) is 25.7 Å². The van der Waals surface area contributed by atoms with Crippen molar-refractivity contribution < 1.29 is 14.3 Å². The molecule has 0 spiro atoms. The highest BCUT2D eigenvalue weighted by molar-refractivity contribution is 7.16.